The summed E-state index contributed by atoms with van der Waals surface area (Å²) in [5.74, 6) is 0.872. The van der Waals surface area contributed by atoms with Crippen LogP contribution in [0.4, 0.5) is 5.69 Å². The summed E-state index contributed by atoms with van der Waals surface area (Å²) in [5, 5.41) is 11.1. The summed E-state index contributed by atoms with van der Waals surface area (Å²) >= 11 is 0. The number of para-hydroxylation sites is 1. The van der Waals surface area contributed by atoms with Crippen LogP contribution < -0.4 is 9.46 Å². The molecule has 2 aromatic carbocycles. The maximum Gasteiger partial charge on any atom is 0.289 e. The summed E-state index contributed by atoms with van der Waals surface area (Å²) in [6.45, 7) is 2.40. The lowest BCUT2D eigenvalue weighted by Crippen LogP contribution is -2.34. The minimum Gasteiger partial charge on any atom is -0.493 e. The molecule has 25 heavy (non-hydrogen) atoms. The van der Waals surface area contributed by atoms with Crippen LogP contribution in [0.2, 0.25) is 0 Å². The molecular formula is C17H18N2O5S. The molecule has 0 bridgehead atoms. The van der Waals surface area contributed by atoms with Crippen LogP contribution in [0.25, 0.3) is 0 Å². The molecule has 7 nitrogen and oxygen atoms in total. The van der Waals surface area contributed by atoms with Gasteiger partial charge in [0.15, 0.2) is 4.90 Å². The molecule has 1 atom stereocenters. The fourth-order valence-corrected chi connectivity index (χ4v) is 4.34. The predicted molar refractivity (Wildman–Crippen MR) is 92.2 cm³/mol. The third-order valence-corrected chi connectivity index (χ3v) is 5.64. The first kappa shape index (κ1) is 17.4. The van der Waals surface area contributed by atoms with Crippen molar-refractivity contribution in [1.29, 1.82) is 0 Å². The van der Waals surface area contributed by atoms with Crippen molar-refractivity contribution in [2.45, 2.75) is 30.7 Å². The van der Waals surface area contributed by atoms with E-state index < -0.39 is 26.7 Å². The molecule has 2 aromatic rings. The predicted octanol–water partition coefficient (Wildman–Crippen LogP) is 2.44. The van der Waals surface area contributed by atoms with Crippen LogP contribution in [-0.2, 0) is 22.9 Å². The van der Waals surface area contributed by atoms with Gasteiger partial charge in [0, 0.05) is 18.5 Å². The molecule has 0 amide bonds. The number of sulfonamides is 1. The Kier molecular flexibility index (Phi) is 4.73. The van der Waals surface area contributed by atoms with Crippen LogP contribution in [0.5, 0.6) is 5.75 Å². The Labute approximate surface area is 145 Å². The quantitative estimate of drug-likeness (QED) is 0.629. The minimum atomic E-state index is -3.98. The van der Waals surface area contributed by atoms with E-state index in [1.165, 1.54) is 24.3 Å². The topological polar surface area (TPSA) is 98.5 Å². The fourth-order valence-electron chi connectivity index (χ4n) is 2.93. The van der Waals surface area contributed by atoms with Gasteiger partial charge in [0.05, 0.1) is 11.5 Å². The molecule has 132 valence electrons. The van der Waals surface area contributed by atoms with Gasteiger partial charge in [-0.3, -0.25) is 10.1 Å². The number of benzene rings is 2. The zero-order valence-electron chi connectivity index (χ0n) is 13.6. The molecule has 1 aliphatic heterocycles. The van der Waals surface area contributed by atoms with Crippen molar-refractivity contribution in [3.8, 4) is 5.75 Å². The number of rotatable bonds is 6. The minimum absolute atomic E-state index is 0.325. The number of nitro groups is 1. The van der Waals surface area contributed by atoms with Crippen molar-refractivity contribution in [3.63, 3.8) is 0 Å². The number of hydrogen-bond acceptors (Lipinski definition) is 5. The molecule has 0 aliphatic carbocycles. The van der Waals surface area contributed by atoms with Gasteiger partial charge in [-0.25, -0.2) is 13.1 Å². The highest BCUT2D eigenvalue weighted by molar-refractivity contribution is 7.89. The monoisotopic (exact) mass is 362 g/mol. The number of nitrogens with one attached hydrogen (secondary N) is 1. The van der Waals surface area contributed by atoms with Gasteiger partial charge in [0.1, 0.15) is 5.75 Å². The average molecular weight is 362 g/mol. The van der Waals surface area contributed by atoms with Crippen LogP contribution in [0, 0.1) is 10.1 Å². The lowest BCUT2D eigenvalue weighted by molar-refractivity contribution is -0.387. The van der Waals surface area contributed by atoms with Crippen molar-refractivity contribution in [1.82, 2.24) is 4.72 Å². The molecule has 8 heteroatoms. The number of nitro benzene ring substituents is 1. The van der Waals surface area contributed by atoms with Crippen LogP contribution in [0.15, 0.2) is 47.4 Å². The number of hydrogen-bond donors (Lipinski definition) is 1. The SMILES string of the molecule is CC(Cc1ccc2c(c1)CCO2)NS(=O)(=O)c1ccccc1[N+](=O)[O-]. The molecule has 0 saturated carbocycles. The Morgan fingerprint density at radius 1 is 1.28 bits per heavy atom. The lowest BCUT2D eigenvalue weighted by atomic mass is 10.0. The summed E-state index contributed by atoms with van der Waals surface area (Å²) in [5.41, 5.74) is 1.67. The number of nitrogens with zero attached hydrogens (tertiary/aromatic N) is 1. The first-order chi connectivity index (χ1) is 11.9. The van der Waals surface area contributed by atoms with E-state index in [9.17, 15) is 18.5 Å². The summed E-state index contributed by atoms with van der Waals surface area (Å²) in [7, 11) is -3.98. The molecule has 0 saturated heterocycles. The van der Waals surface area contributed by atoms with Crippen molar-refractivity contribution >= 4 is 15.7 Å². The third kappa shape index (κ3) is 3.80. The number of ether oxygens (including phenoxy) is 1. The Bertz CT molecular complexity index is 911. The second kappa shape index (κ2) is 6.81. The molecule has 0 fully saturated rings. The highest BCUT2D eigenvalue weighted by Crippen LogP contribution is 2.27. The van der Waals surface area contributed by atoms with E-state index in [1.807, 2.05) is 18.2 Å². The lowest BCUT2D eigenvalue weighted by Gasteiger charge is -2.15. The maximum absolute atomic E-state index is 12.5. The zero-order valence-corrected chi connectivity index (χ0v) is 14.5. The highest BCUT2D eigenvalue weighted by Gasteiger charge is 2.26. The molecule has 3 rings (SSSR count). The van der Waals surface area contributed by atoms with Crippen molar-refractivity contribution in [3.05, 3.63) is 63.7 Å². The number of fused-ring (bicyclic) bond motifs is 1. The van der Waals surface area contributed by atoms with Crippen LogP contribution in [0.3, 0.4) is 0 Å². The van der Waals surface area contributed by atoms with E-state index in [2.05, 4.69) is 4.72 Å². The second-order valence-electron chi connectivity index (χ2n) is 5.99. The molecule has 1 heterocycles. The second-order valence-corrected chi connectivity index (χ2v) is 7.67. The van der Waals surface area contributed by atoms with Crippen LogP contribution >= 0.6 is 0 Å². The van der Waals surface area contributed by atoms with Gasteiger partial charge in [0.2, 0.25) is 10.0 Å². The van der Waals surface area contributed by atoms with Gasteiger partial charge in [-0.1, -0.05) is 24.3 Å². The van der Waals surface area contributed by atoms with Crippen molar-refractivity contribution in [2.24, 2.45) is 0 Å². The zero-order chi connectivity index (χ0) is 18.0. The Morgan fingerprint density at radius 2 is 2.04 bits per heavy atom. The van der Waals surface area contributed by atoms with Gasteiger partial charge in [0.25, 0.3) is 5.69 Å². The standard InChI is InChI=1S/C17H18N2O5S/c1-12(10-13-6-7-16-14(11-13)8-9-24-16)18-25(22,23)17-5-3-2-4-15(17)19(20)21/h2-7,11-12,18H,8-10H2,1H3. The Balaban J connectivity index is 1.76. The molecule has 0 aromatic heterocycles. The fraction of sp³-hybridized carbons (Fsp3) is 0.294. The first-order valence-corrected chi connectivity index (χ1v) is 9.35. The van der Waals surface area contributed by atoms with E-state index in [0.717, 1.165) is 23.3 Å². The average Bonchev–Trinajstić information content (AvgIpc) is 3.02. The molecular weight excluding hydrogens is 344 g/mol. The third-order valence-electron chi connectivity index (χ3n) is 4.00. The van der Waals surface area contributed by atoms with E-state index in [4.69, 9.17) is 4.74 Å². The van der Waals surface area contributed by atoms with Crippen molar-refractivity contribution in [2.75, 3.05) is 6.61 Å². The summed E-state index contributed by atoms with van der Waals surface area (Å²) < 4.78 is 33.0. The van der Waals surface area contributed by atoms with E-state index in [1.54, 1.807) is 6.92 Å². The maximum atomic E-state index is 12.5. The normalized spacial score (nSPS) is 14.6. The summed E-state index contributed by atoms with van der Waals surface area (Å²) in [6, 6.07) is 10.7. The van der Waals surface area contributed by atoms with E-state index in [-0.39, 0.29) is 4.90 Å². The largest absolute Gasteiger partial charge is 0.493 e. The van der Waals surface area contributed by atoms with Crippen LogP contribution in [-0.4, -0.2) is 26.0 Å². The van der Waals surface area contributed by atoms with Gasteiger partial charge in [-0.05, 0) is 36.6 Å². The van der Waals surface area contributed by atoms with Gasteiger partial charge in [-0.15, -0.1) is 0 Å². The molecule has 0 radical (unpaired) electrons. The highest BCUT2D eigenvalue weighted by atomic mass is 32.2. The molecule has 1 unspecified atom stereocenters. The smallest absolute Gasteiger partial charge is 0.289 e. The summed E-state index contributed by atoms with van der Waals surface area (Å²) in [4.78, 5) is 10.0. The van der Waals surface area contributed by atoms with E-state index >= 15 is 0 Å². The molecule has 1 N–H and O–H groups in total. The van der Waals surface area contributed by atoms with Gasteiger partial charge >= 0.3 is 0 Å². The Hall–Kier alpha value is -2.45. The molecule has 0 spiro atoms. The Morgan fingerprint density at radius 3 is 2.80 bits per heavy atom. The first-order valence-electron chi connectivity index (χ1n) is 7.87. The molecule has 1 aliphatic rings. The van der Waals surface area contributed by atoms with Crippen molar-refractivity contribution < 1.29 is 18.1 Å². The van der Waals surface area contributed by atoms with E-state index in [0.29, 0.717) is 13.0 Å². The van der Waals surface area contributed by atoms with Gasteiger partial charge < -0.3 is 4.74 Å². The van der Waals surface area contributed by atoms with Gasteiger partial charge in [-0.2, -0.15) is 0 Å². The summed E-state index contributed by atoms with van der Waals surface area (Å²) in [6.07, 6.45) is 1.33. The van der Waals surface area contributed by atoms with Crippen LogP contribution in [0.1, 0.15) is 18.1 Å².